The minimum atomic E-state index is -4.83. The molecule has 1 aromatic heterocycles. The van der Waals surface area contributed by atoms with Crippen molar-refractivity contribution in [2.75, 3.05) is 33.2 Å². The molecule has 0 aliphatic carbocycles. The van der Waals surface area contributed by atoms with Crippen molar-refractivity contribution < 1.29 is 22.4 Å². The third-order valence-electron chi connectivity index (χ3n) is 5.17. The fourth-order valence-corrected chi connectivity index (χ4v) is 3.99. The van der Waals surface area contributed by atoms with E-state index in [9.17, 15) is 22.4 Å². The van der Waals surface area contributed by atoms with Gasteiger partial charge in [-0.15, -0.1) is 5.10 Å². The van der Waals surface area contributed by atoms with Gasteiger partial charge in [0.15, 0.2) is 11.4 Å². The van der Waals surface area contributed by atoms with Crippen molar-refractivity contribution in [3.05, 3.63) is 41.5 Å². The first-order valence-electron chi connectivity index (χ1n) is 8.50. The number of hydrogen-bond acceptors (Lipinski definition) is 4. The molecule has 2 atom stereocenters. The van der Waals surface area contributed by atoms with E-state index < -0.39 is 29.3 Å². The molecule has 6 nitrogen and oxygen atoms in total. The summed E-state index contributed by atoms with van der Waals surface area (Å²) in [6.07, 6.45) is -4.83. The summed E-state index contributed by atoms with van der Waals surface area (Å²) in [7, 11) is 1.99. The number of carbonyl (C=O) groups is 1. The smallest absolute Gasteiger partial charge is 0.337 e. The number of alkyl halides is 3. The van der Waals surface area contributed by atoms with Crippen molar-refractivity contribution >= 4 is 5.91 Å². The van der Waals surface area contributed by atoms with E-state index in [4.69, 9.17) is 0 Å². The van der Waals surface area contributed by atoms with E-state index in [1.807, 2.05) is 7.05 Å². The van der Waals surface area contributed by atoms with Crippen molar-refractivity contribution in [3.63, 3.8) is 0 Å². The van der Waals surface area contributed by atoms with Gasteiger partial charge in [-0.1, -0.05) is 5.21 Å². The standard InChI is InChI=1S/C17H17F4N5O/c1-24-6-10-8-25(9-11(10)7-24)16(27)14-15(17(19,20)21)26(23-22-14)13-4-2-12(18)3-5-13/h2-5,10-11H,6-9H2,1H3/t10-,11+. The third-order valence-corrected chi connectivity index (χ3v) is 5.17. The van der Waals surface area contributed by atoms with Crippen LogP contribution in [0, 0.1) is 17.7 Å². The number of carbonyl (C=O) groups excluding carboxylic acids is 1. The Morgan fingerprint density at radius 2 is 1.67 bits per heavy atom. The average Bonchev–Trinajstić information content (AvgIpc) is 3.26. The Bertz CT molecular complexity index is 849. The van der Waals surface area contributed by atoms with Gasteiger partial charge in [0.2, 0.25) is 0 Å². The van der Waals surface area contributed by atoms with Crippen molar-refractivity contribution in [1.29, 1.82) is 0 Å². The van der Waals surface area contributed by atoms with Crippen LogP contribution in [0.3, 0.4) is 0 Å². The molecule has 3 heterocycles. The lowest BCUT2D eigenvalue weighted by Gasteiger charge is -2.19. The molecule has 0 unspecified atom stereocenters. The lowest BCUT2D eigenvalue weighted by Crippen LogP contribution is -2.34. The number of nitrogens with zero attached hydrogens (tertiary/aromatic N) is 5. The quantitative estimate of drug-likeness (QED) is 0.745. The molecule has 0 radical (unpaired) electrons. The molecule has 0 N–H and O–H groups in total. The third kappa shape index (κ3) is 3.18. The van der Waals surface area contributed by atoms with Crippen molar-refractivity contribution in [2.24, 2.45) is 11.8 Å². The number of likely N-dealkylation sites (tertiary alicyclic amines) is 2. The van der Waals surface area contributed by atoms with Gasteiger partial charge >= 0.3 is 6.18 Å². The molecule has 144 valence electrons. The predicted molar refractivity (Wildman–Crippen MR) is 86.7 cm³/mol. The van der Waals surface area contributed by atoms with E-state index >= 15 is 0 Å². The molecule has 4 rings (SSSR count). The zero-order chi connectivity index (χ0) is 19.3. The Morgan fingerprint density at radius 3 is 2.22 bits per heavy atom. The molecule has 10 heteroatoms. The SMILES string of the molecule is CN1C[C@@H]2CN(C(=O)c3nnn(-c4ccc(F)cc4)c3C(F)(F)F)C[C@@H]2C1. The minimum absolute atomic E-state index is 0.0183. The molecule has 1 aromatic carbocycles. The average molecular weight is 383 g/mol. The van der Waals surface area contributed by atoms with E-state index in [2.05, 4.69) is 15.2 Å². The normalized spacial score (nSPS) is 23.1. The van der Waals surface area contributed by atoms with Crippen LogP contribution in [0.25, 0.3) is 5.69 Å². The number of fused-ring (bicyclic) bond motifs is 1. The molecule has 2 saturated heterocycles. The summed E-state index contributed by atoms with van der Waals surface area (Å²) in [5, 5.41) is 7.06. The largest absolute Gasteiger partial charge is 0.435 e. The summed E-state index contributed by atoms with van der Waals surface area (Å²) in [5.74, 6) is -0.828. The Kier molecular flexibility index (Phi) is 4.17. The zero-order valence-corrected chi connectivity index (χ0v) is 14.4. The summed E-state index contributed by atoms with van der Waals surface area (Å²) in [6.45, 7) is 2.47. The molecule has 0 bridgehead atoms. The van der Waals surface area contributed by atoms with Crippen LogP contribution >= 0.6 is 0 Å². The Hall–Kier alpha value is -2.49. The molecule has 0 spiro atoms. The number of rotatable bonds is 2. The second-order valence-corrected chi connectivity index (χ2v) is 7.12. The van der Waals surface area contributed by atoms with Gasteiger partial charge in [0.25, 0.3) is 5.91 Å². The lowest BCUT2D eigenvalue weighted by molar-refractivity contribution is -0.143. The molecule has 2 aliphatic heterocycles. The first-order chi connectivity index (χ1) is 12.7. The van der Waals surface area contributed by atoms with Crippen LogP contribution in [0.15, 0.2) is 24.3 Å². The minimum Gasteiger partial charge on any atom is -0.337 e. The molecule has 27 heavy (non-hydrogen) atoms. The summed E-state index contributed by atoms with van der Waals surface area (Å²) >= 11 is 0. The second-order valence-electron chi connectivity index (χ2n) is 7.12. The highest BCUT2D eigenvalue weighted by Crippen LogP contribution is 2.35. The van der Waals surface area contributed by atoms with Crippen LogP contribution < -0.4 is 0 Å². The van der Waals surface area contributed by atoms with Crippen LogP contribution in [0.2, 0.25) is 0 Å². The Labute approximate surface area is 152 Å². The first-order valence-corrected chi connectivity index (χ1v) is 8.50. The van der Waals surface area contributed by atoms with Gasteiger partial charge in [-0.25, -0.2) is 9.07 Å². The van der Waals surface area contributed by atoms with Gasteiger partial charge < -0.3 is 9.80 Å². The van der Waals surface area contributed by atoms with E-state index in [0.717, 1.165) is 37.4 Å². The zero-order valence-electron chi connectivity index (χ0n) is 14.4. The van der Waals surface area contributed by atoms with Crippen LogP contribution in [0.4, 0.5) is 17.6 Å². The summed E-state index contributed by atoms with van der Waals surface area (Å²) in [4.78, 5) is 16.3. The molecule has 2 aromatic rings. The lowest BCUT2D eigenvalue weighted by atomic mass is 10.0. The Morgan fingerprint density at radius 1 is 1.07 bits per heavy atom. The van der Waals surface area contributed by atoms with Crippen LogP contribution in [-0.2, 0) is 6.18 Å². The summed E-state index contributed by atoms with van der Waals surface area (Å²) < 4.78 is 54.7. The highest BCUT2D eigenvalue weighted by Gasteiger charge is 2.46. The highest BCUT2D eigenvalue weighted by atomic mass is 19.4. The molecule has 0 saturated carbocycles. The number of aromatic nitrogens is 3. The first kappa shape index (κ1) is 17.9. The van der Waals surface area contributed by atoms with Crippen LogP contribution in [0.5, 0.6) is 0 Å². The Balaban J connectivity index is 1.67. The van der Waals surface area contributed by atoms with Gasteiger partial charge in [-0.3, -0.25) is 4.79 Å². The number of halogens is 4. The van der Waals surface area contributed by atoms with Gasteiger partial charge in [-0.05, 0) is 43.1 Å². The monoisotopic (exact) mass is 383 g/mol. The van der Waals surface area contributed by atoms with Crippen LogP contribution in [-0.4, -0.2) is 63.9 Å². The van der Waals surface area contributed by atoms with E-state index in [1.54, 1.807) is 0 Å². The second kappa shape index (κ2) is 6.29. The fraction of sp³-hybridized carbons (Fsp3) is 0.471. The molecule has 2 fully saturated rings. The highest BCUT2D eigenvalue weighted by molar-refractivity contribution is 5.93. The van der Waals surface area contributed by atoms with Gasteiger partial charge in [-0.2, -0.15) is 13.2 Å². The van der Waals surface area contributed by atoms with Gasteiger partial charge in [0.1, 0.15) is 5.82 Å². The predicted octanol–water partition coefficient (Wildman–Crippen LogP) is 2.06. The summed E-state index contributed by atoms with van der Waals surface area (Å²) in [6, 6.07) is 4.36. The number of benzene rings is 1. The molecule has 2 aliphatic rings. The fourth-order valence-electron chi connectivity index (χ4n) is 3.99. The van der Waals surface area contributed by atoms with E-state index in [1.165, 1.54) is 4.90 Å². The maximum Gasteiger partial charge on any atom is 0.435 e. The molecular formula is C17H17F4N5O. The maximum atomic E-state index is 13.7. The summed E-state index contributed by atoms with van der Waals surface area (Å²) in [5.41, 5.74) is -1.98. The number of amides is 1. The van der Waals surface area contributed by atoms with Crippen LogP contribution in [0.1, 0.15) is 16.2 Å². The topological polar surface area (TPSA) is 54.3 Å². The van der Waals surface area contributed by atoms with Crippen molar-refractivity contribution in [2.45, 2.75) is 6.18 Å². The number of hydrogen-bond donors (Lipinski definition) is 0. The van der Waals surface area contributed by atoms with E-state index in [-0.39, 0.29) is 17.5 Å². The van der Waals surface area contributed by atoms with Gasteiger partial charge in [0, 0.05) is 26.2 Å². The maximum absolute atomic E-state index is 13.7. The molecule has 1 amide bonds. The van der Waals surface area contributed by atoms with E-state index in [0.29, 0.717) is 17.8 Å². The van der Waals surface area contributed by atoms with Crippen molar-refractivity contribution in [3.8, 4) is 5.69 Å². The van der Waals surface area contributed by atoms with Gasteiger partial charge in [0.05, 0.1) is 5.69 Å². The van der Waals surface area contributed by atoms with Crippen molar-refractivity contribution in [1.82, 2.24) is 24.8 Å². The molecular weight excluding hydrogens is 366 g/mol.